The number of rotatable bonds is 6. The van der Waals surface area contributed by atoms with Gasteiger partial charge in [0.05, 0.1) is 12.7 Å². The third-order valence-electron chi connectivity index (χ3n) is 4.16. The smallest absolute Gasteiger partial charge is 0.337 e. The Hall–Kier alpha value is -3.81. The van der Waals surface area contributed by atoms with Crippen molar-refractivity contribution in [1.29, 1.82) is 0 Å². The predicted molar refractivity (Wildman–Crippen MR) is 103 cm³/mol. The van der Waals surface area contributed by atoms with Gasteiger partial charge in [-0.3, -0.25) is 0 Å². The molecule has 8 nitrogen and oxygen atoms in total. The van der Waals surface area contributed by atoms with E-state index in [4.69, 9.17) is 14.2 Å². The van der Waals surface area contributed by atoms with Crippen LogP contribution >= 0.6 is 0 Å². The molecule has 8 heteroatoms. The highest BCUT2D eigenvalue weighted by atomic mass is 16.7. The molecule has 0 aliphatic carbocycles. The third kappa shape index (κ3) is 3.96. The summed E-state index contributed by atoms with van der Waals surface area (Å²) in [6.45, 7) is 0.842. The lowest BCUT2D eigenvalue weighted by molar-refractivity contribution is 0.0601. The normalized spacial score (nSPS) is 11.8. The first-order chi connectivity index (χ1) is 13.7. The molecule has 1 aromatic heterocycles. The van der Waals surface area contributed by atoms with E-state index >= 15 is 0 Å². The van der Waals surface area contributed by atoms with Crippen molar-refractivity contribution >= 4 is 23.3 Å². The Morgan fingerprint density at radius 3 is 2.64 bits per heavy atom. The van der Waals surface area contributed by atoms with Crippen molar-refractivity contribution in [3.63, 3.8) is 0 Å². The van der Waals surface area contributed by atoms with Crippen LogP contribution in [0.3, 0.4) is 0 Å². The fraction of sp³-hybridized carbons (Fsp3) is 0.150. The first kappa shape index (κ1) is 17.6. The molecule has 2 heterocycles. The van der Waals surface area contributed by atoms with Gasteiger partial charge >= 0.3 is 5.97 Å². The van der Waals surface area contributed by atoms with Gasteiger partial charge in [0.25, 0.3) is 0 Å². The van der Waals surface area contributed by atoms with Gasteiger partial charge in [0.2, 0.25) is 6.79 Å². The number of benzene rings is 2. The summed E-state index contributed by atoms with van der Waals surface area (Å²) in [6, 6.07) is 14.6. The van der Waals surface area contributed by atoms with Gasteiger partial charge in [-0.1, -0.05) is 6.07 Å². The molecule has 0 saturated heterocycles. The number of anilines is 3. The highest BCUT2D eigenvalue weighted by molar-refractivity contribution is 5.89. The van der Waals surface area contributed by atoms with E-state index in [0.717, 1.165) is 22.7 Å². The number of carbonyl (C=O) groups excluding carboxylic acids is 1. The molecule has 0 atom stereocenters. The molecule has 1 aliphatic rings. The minimum absolute atomic E-state index is 0.258. The maximum absolute atomic E-state index is 11.5. The van der Waals surface area contributed by atoms with Gasteiger partial charge in [-0.15, -0.1) is 0 Å². The molecule has 0 bridgehead atoms. The van der Waals surface area contributed by atoms with Crippen LogP contribution in [0, 0.1) is 0 Å². The quantitative estimate of drug-likeness (QED) is 0.631. The molecule has 0 amide bonds. The molecule has 0 fully saturated rings. The number of carbonyl (C=O) groups is 1. The Labute approximate surface area is 161 Å². The zero-order chi connectivity index (χ0) is 19.3. The Morgan fingerprint density at radius 2 is 1.82 bits per heavy atom. The summed E-state index contributed by atoms with van der Waals surface area (Å²) in [7, 11) is 1.35. The second-order valence-electron chi connectivity index (χ2n) is 6.02. The number of nitrogens with one attached hydrogen (secondary N) is 2. The van der Waals surface area contributed by atoms with Crippen molar-refractivity contribution < 1.29 is 19.0 Å². The number of ether oxygens (including phenoxy) is 3. The predicted octanol–water partition coefficient (Wildman–Crippen LogP) is 3.35. The van der Waals surface area contributed by atoms with E-state index in [2.05, 4.69) is 20.6 Å². The number of nitrogens with zero attached hydrogens (tertiary/aromatic N) is 2. The Balaban J connectivity index is 1.39. The van der Waals surface area contributed by atoms with Crippen LogP contribution in [0.5, 0.6) is 11.5 Å². The Kier molecular flexibility index (Phi) is 4.92. The van der Waals surface area contributed by atoms with Gasteiger partial charge in [0, 0.05) is 18.3 Å². The van der Waals surface area contributed by atoms with Crippen LogP contribution in [0.25, 0.3) is 0 Å². The highest BCUT2D eigenvalue weighted by Crippen LogP contribution is 2.32. The fourth-order valence-corrected chi connectivity index (χ4v) is 2.72. The van der Waals surface area contributed by atoms with Gasteiger partial charge in [-0.25, -0.2) is 14.8 Å². The first-order valence-electron chi connectivity index (χ1n) is 8.61. The zero-order valence-corrected chi connectivity index (χ0v) is 15.1. The van der Waals surface area contributed by atoms with Gasteiger partial charge < -0.3 is 24.8 Å². The standard InChI is InChI=1S/C20H18N4O4/c1-26-20(25)14-3-5-15(6-4-14)24-19-9-18(22-11-23-19)21-10-13-2-7-16-17(8-13)28-12-27-16/h2-9,11H,10,12H2,1H3,(H2,21,22,23,24). The lowest BCUT2D eigenvalue weighted by Crippen LogP contribution is -2.03. The van der Waals surface area contributed by atoms with Crippen LogP contribution in [0.2, 0.25) is 0 Å². The van der Waals surface area contributed by atoms with Crippen molar-refractivity contribution in [2.75, 3.05) is 24.5 Å². The fourth-order valence-electron chi connectivity index (χ4n) is 2.72. The maximum atomic E-state index is 11.5. The van der Waals surface area contributed by atoms with Crippen LogP contribution in [0.1, 0.15) is 15.9 Å². The average molecular weight is 378 g/mol. The minimum atomic E-state index is -0.372. The first-order valence-corrected chi connectivity index (χ1v) is 8.61. The average Bonchev–Trinajstić information content (AvgIpc) is 3.20. The molecular formula is C20H18N4O4. The second-order valence-corrected chi connectivity index (χ2v) is 6.02. The van der Waals surface area contributed by atoms with Crippen molar-refractivity contribution in [2.24, 2.45) is 0 Å². The Bertz CT molecular complexity index is 992. The maximum Gasteiger partial charge on any atom is 0.337 e. The second kappa shape index (κ2) is 7.83. The molecule has 2 N–H and O–H groups in total. The van der Waals surface area contributed by atoms with Crippen LogP contribution in [-0.2, 0) is 11.3 Å². The number of esters is 1. The zero-order valence-electron chi connectivity index (χ0n) is 15.1. The number of hydrogen-bond acceptors (Lipinski definition) is 8. The third-order valence-corrected chi connectivity index (χ3v) is 4.16. The van der Waals surface area contributed by atoms with Crippen LogP contribution in [0.4, 0.5) is 17.3 Å². The summed E-state index contributed by atoms with van der Waals surface area (Å²) in [6.07, 6.45) is 1.48. The molecule has 142 valence electrons. The largest absolute Gasteiger partial charge is 0.465 e. The minimum Gasteiger partial charge on any atom is -0.465 e. The van der Waals surface area contributed by atoms with Crippen LogP contribution in [0.15, 0.2) is 54.9 Å². The van der Waals surface area contributed by atoms with E-state index in [0.29, 0.717) is 23.7 Å². The van der Waals surface area contributed by atoms with Gasteiger partial charge in [-0.2, -0.15) is 0 Å². The number of methoxy groups -OCH3 is 1. The summed E-state index contributed by atoms with van der Waals surface area (Å²) in [5, 5.41) is 6.44. The number of fused-ring (bicyclic) bond motifs is 1. The number of aromatic nitrogens is 2. The molecule has 0 saturated carbocycles. The molecule has 1 aliphatic heterocycles. The van der Waals surface area contributed by atoms with Crippen molar-refractivity contribution in [3.8, 4) is 11.5 Å². The summed E-state index contributed by atoms with van der Waals surface area (Å²) < 4.78 is 15.4. The molecular weight excluding hydrogens is 360 g/mol. The molecule has 4 rings (SSSR count). The number of hydrogen-bond donors (Lipinski definition) is 2. The van der Waals surface area contributed by atoms with Gasteiger partial charge in [-0.05, 0) is 42.0 Å². The molecule has 0 radical (unpaired) electrons. The van der Waals surface area contributed by atoms with Crippen LogP contribution in [-0.4, -0.2) is 29.8 Å². The van der Waals surface area contributed by atoms with Gasteiger partial charge in [0.15, 0.2) is 11.5 Å². The topological polar surface area (TPSA) is 94.6 Å². The van der Waals surface area contributed by atoms with Crippen molar-refractivity contribution in [3.05, 3.63) is 66.0 Å². The summed E-state index contributed by atoms with van der Waals surface area (Å²) in [4.78, 5) is 20.0. The van der Waals surface area contributed by atoms with E-state index in [9.17, 15) is 4.79 Å². The molecule has 3 aromatic rings. The van der Waals surface area contributed by atoms with Gasteiger partial charge in [0.1, 0.15) is 18.0 Å². The molecule has 28 heavy (non-hydrogen) atoms. The SMILES string of the molecule is COC(=O)c1ccc(Nc2cc(NCc3ccc4c(c3)OCO4)ncn2)cc1. The van der Waals surface area contributed by atoms with E-state index in [1.54, 1.807) is 30.3 Å². The lowest BCUT2D eigenvalue weighted by atomic mass is 10.2. The molecule has 0 unspecified atom stereocenters. The Morgan fingerprint density at radius 1 is 1.04 bits per heavy atom. The lowest BCUT2D eigenvalue weighted by Gasteiger charge is -2.09. The van der Waals surface area contributed by atoms with E-state index in [-0.39, 0.29) is 12.8 Å². The highest BCUT2D eigenvalue weighted by Gasteiger charge is 2.13. The van der Waals surface area contributed by atoms with E-state index in [1.165, 1.54) is 13.4 Å². The van der Waals surface area contributed by atoms with Crippen molar-refractivity contribution in [1.82, 2.24) is 9.97 Å². The molecule has 2 aromatic carbocycles. The monoisotopic (exact) mass is 378 g/mol. The molecule has 0 spiro atoms. The summed E-state index contributed by atoms with van der Waals surface area (Å²) in [5.41, 5.74) is 2.34. The summed E-state index contributed by atoms with van der Waals surface area (Å²) in [5.74, 6) is 2.45. The summed E-state index contributed by atoms with van der Waals surface area (Å²) >= 11 is 0. The van der Waals surface area contributed by atoms with E-state index < -0.39 is 0 Å². The van der Waals surface area contributed by atoms with Crippen molar-refractivity contribution in [2.45, 2.75) is 6.54 Å². The van der Waals surface area contributed by atoms with E-state index in [1.807, 2.05) is 18.2 Å². The van der Waals surface area contributed by atoms with Crippen LogP contribution < -0.4 is 20.1 Å².